The Morgan fingerprint density at radius 2 is 2.00 bits per heavy atom. The van der Waals surface area contributed by atoms with Crippen LogP contribution in [0.5, 0.6) is 5.75 Å². The average Bonchev–Trinajstić information content (AvgIpc) is 2.38. The van der Waals surface area contributed by atoms with E-state index in [2.05, 4.69) is 37.1 Å². The molecule has 0 aliphatic heterocycles. The first-order valence-corrected chi connectivity index (χ1v) is 7.99. The second kappa shape index (κ2) is 7.63. The van der Waals surface area contributed by atoms with Gasteiger partial charge in [0.05, 0.1) is 11.8 Å². The first-order chi connectivity index (χ1) is 9.67. The molecule has 1 aliphatic carbocycles. The van der Waals surface area contributed by atoms with Crippen molar-refractivity contribution in [3.05, 3.63) is 24.0 Å². The number of nitrogens with zero attached hydrogens (tertiary/aromatic N) is 1. The lowest BCUT2D eigenvalue weighted by Crippen LogP contribution is -2.28. The molecule has 112 valence electrons. The van der Waals surface area contributed by atoms with Gasteiger partial charge in [-0.1, -0.05) is 20.8 Å². The van der Waals surface area contributed by atoms with E-state index >= 15 is 0 Å². The van der Waals surface area contributed by atoms with Crippen LogP contribution in [-0.2, 0) is 6.54 Å². The predicted molar refractivity (Wildman–Crippen MR) is 82.8 cm³/mol. The summed E-state index contributed by atoms with van der Waals surface area (Å²) in [5.74, 6) is 2.52. The van der Waals surface area contributed by atoms with Crippen molar-refractivity contribution in [1.82, 2.24) is 10.3 Å². The highest BCUT2D eigenvalue weighted by molar-refractivity contribution is 5.23. The molecule has 0 amide bonds. The molecule has 3 nitrogen and oxygen atoms in total. The molecule has 1 fully saturated rings. The highest BCUT2D eigenvalue weighted by Gasteiger charge is 2.25. The molecule has 2 atom stereocenters. The summed E-state index contributed by atoms with van der Waals surface area (Å²) in [7, 11) is 0. The van der Waals surface area contributed by atoms with Crippen LogP contribution in [-0.4, -0.2) is 17.6 Å². The zero-order valence-electron chi connectivity index (χ0n) is 13.1. The Labute approximate surface area is 123 Å². The van der Waals surface area contributed by atoms with Crippen LogP contribution in [0.15, 0.2) is 18.3 Å². The fourth-order valence-electron chi connectivity index (χ4n) is 3.18. The molecule has 20 heavy (non-hydrogen) atoms. The Hall–Kier alpha value is -1.09. The molecule has 1 aromatic heterocycles. The molecule has 2 rings (SSSR count). The van der Waals surface area contributed by atoms with E-state index in [0.29, 0.717) is 6.10 Å². The van der Waals surface area contributed by atoms with Crippen molar-refractivity contribution in [3.8, 4) is 5.75 Å². The van der Waals surface area contributed by atoms with Crippen LogP contribution >= 0.6 is 0 Å². The maximum Gasteiger partial charge on any atom is 0.123 e. The molecule has 0 spiro atoms. The molecule has 1 aromatic rings. The number of hydrogen-bond acceptors (Lipinski definition) is 3. The standard InChI is InChI=1S/C17H28N2O/c1-4-6-18-12-15-11-16(5-7-19-15)20-17-9-13(2)8-14(3)10-17/h5,7,11,13-14,17-18H,4,6,8-10,12H2,1-3H3. The predicted octanol–water partition coefficient (Wildman–Crippen LogP) is 3.78. The van der Waals surface area contributed by atoms with Crippen LogP contribution in [0.3, 0.4) is 0 Å². The third-order valence-corrected chi connectivity index (χ3v) is 3.96. The van der Waals surface area contributed by atoms with E-state index in [4.69, 9.17) is 4.74 Å². The van der Waals surface area contributed by atoms with E-state index in [-0.39, 0.29) is 0 Å². The van der Waals surface area contributed by atoms with Crippen LogP contribution in [0.25, 0.3) is 0 Å². The van der Waals surface area contributed by atoms with Gasteiger partial charge in [-0.15, -0.1) is 0 Å². The zero-order valence-corrected chi connectivity index (χ0v) is 13.1. The lowest BCUT2D eigenvalue weighted by molar-refractivity contribution is 0.101. The fraction of sp³-hybridized carbons (Fsp3) is 0.706. The summed E-state index contributed by atoms with van der Waals surface area (Å²) >= 11 is 0. The van der Waals surface area contributed by atoms with Crippen LogP contribution < -0.4 is 10.1 Å². The van der Waals surface area contributed by atoms with Crippen LogP contribution in [0.2, 0.25) is 0 Å². The lowest BCUT2D eigenvalue weighted by Gasteiger charge is -2.31. The van der Waals surface area contributed by atoms with Gasteiger partial charge >= 0.3 is 0 Å². The minimum atomic E-state index is 0.368. The van der Waals surface area contributed by atoms with Gasteiger partial charge < -0.3 is 10.1 Å². The van der Waals surface area contributed by atoms with Crippen molar-refractivity contribution in [2.24, 2.45) is 11.8 Å². The molecule has 2 unspecified atom stereocenters. The second-order valence-corrected chi connectivity index (χ2v) is 6.32. The molecular formula is C17H28N2O. The molecule has 0 bridgehead atoms. The number of hydrogen-bond donors (Lipinski definition) is 1. The van der Waals surface area contributed by atoms with E-state index < -0.39 is 0 Å². The Kier molecular flexibility index (Phi) is 5.84. The van der Waals surface area contributed by atoms with Gasteiger partial charge in [0, 0.05) is 18.8 Å². The van der Waals surface area contributed by atoms with Gasteiger partial charge in [-0.05, 0) is 50.1 Å². The van der Waals surface area contributed by atoms with Gasteiger partial charge in [-0.25, -0.2) is 0 Å². The number of pyridine rings is 1. The van der Waals surface area contributed by atoms with Gasteiger partial charge in [0.1, 0.15) is 5.75 Å². The summed E-state index contributed by atoms with van der Waals surface area (Å²) < 4.78 is 6.18. The number of ether oxygens (including phenoxy) is 1. The van der Waals surface area contributed by atoms with Gasteiger partial charge in [-0.3, -0.25) is 4.98 Å². The first kappa shape index (κ1) is 15.3. The van der Waals surface area contributed by atoms with E-state index in [0.717, 1.165) is 42.8 Å². The van der Waals surface area contributed by atoms with Crippen molar-refractivity contribution >= 4 is 0 Å². The summed E-state index contributed by atoms with van der Waals surface area (Å²) in [6.45, 7) is 8.69. The molecule has 0 saturated heterocycles. The van der Waals surface area contributed by atoms with E-state index in [1.54, 1.807) is 0 Å². The molecule has 1 heterocycles. The van der Waals surface area contributed by atoms with E-state index in [1.165, 1.54) is 19.3 Å². The highest BCUT2D eigenvalue weighted by atomic mass is 16.5. The molecule has 0 aromatic carbocycles. The summed E-state index contributed by atoms with van der Waals surface area (Å²) in [6, 6.07) is 4.06. The molecular weight excluding hydrogens is 248 g/mol. The van der Waals surface area contributed by atoms with Crippen molar-refractivity contribution in [2.75, 3.05) is 6.54 Å². The summed E-state index contributed by atoms with van der Waals surface area (Å²) in [5, 5.41) is 3.38. The Morgan fingerprint density at radius 1 is 1.25 bits per heavy atom. The topological polar surface area (TPSA) is 34.1 Å². The largest absolute Gasteiger partial charge is 0.490 e. The van der Waals surface area contributed by atoms with Crippen LogP contribution in [0.1, 0.15) is 52.1 Å². The molecule has 1 aliphatic rings. The minimum absolute atomic E-state index is 0.368. The molecule has 1 saturated carbocycles. The fourth-order valence-corrected chi connectivity index (χ4v) is 3.18. The summed E-state index contributed by atoms with van der Waals surface area (Å²) in [5.41, 5.74) is 1.06. The molecule has 3 heteroatoms. The summed E-state index contributed by atoms with van der Waals surface area (Å²) in [6.07, 6.45) is 7.06. The maximum atomic E-state index is 6.18. The zero-order chi connectivity index (χ0) is 14.4. The van der Waals surface area contributed by atoms with E-state index in [9.17, 15) is 0 Å². The van der Waals surface area contributed by atoms with Gasteiger partial charge in [-0.2, -0.15) is 0 Å². The normalized spacial score (nSPS) is 26.4. The smallest absolute Gasteiger partial charge is 0.123 e. The second-order valence-electron chi connectivity index (χ2n) is 6.32. The van der Waals surface area contributed by atoms with Gasteiger partial charge in [0.25, 0.3) is 0 Å². The SMILES string of the molecule is CCCNCc1cc(OC2CC(C)CC(C)C2)ccn1. The van der Waals surface area contributed by atoms with Gasteiger partial charge in [0.2, 0.25) is 0 Å². The Balaban J connectivity index is 1.90. The first-order valence-electron chi connectivity index (χ1n) is 7.99. The van der Waals surface area contributed by atoms with Crippen LogP contribution in [0.4, 0.5) is 0 Å². The van der Waals surface area contributed by atoms with Crippen molar-refractivity contribution in [2.45, 2.75) is 59.1 Å². The highest BCUT2D eigenvalue weighted by Crippen LogP contribution is 2.31. The number of rotatable bonds is 6. The Bertz CT molecular complexity index is 398. The van der Waals surface area contributed by atoms with Gasteiger partial charge in [0.15, 0.2) is 0 Å². The number of nitrogens with one attached hydrogen (secondary N) is 1. The van der Waals surface area contributed by atoms with E-state index in [1.807, 2.05) is 12.3 Å². The van der Waals surface area contributed by atoms with Crippen LogP contribution in [0, 0.1) is 11.8 Å². The minimum Gasteiger partial charge on any atom is -0.490 e. The quantitative estimate of drug-likeness (QED) is 0.803. The Morgan fingerprint density at radius 3 is 2.70 bits per heavy atom. The third-order valence-electron chi connectivity index (χ3n) is 3.96. The molecule has 1 N–H and O–H groups in total. The lowest BCUT2D eigenvalue weighted by atomic mass is 9.82. The summed E-state index contributed by atoms with van der Waals surface area (Å²) in [4.78, 5) is 4.39. The number of aromatic nitrogens is 1. The van der Waals surface area contributed by atoms with Crippen molar-refractivity contribution in [3.63, 3.8) is 0 Å². The maximum absolute atomic E-state index is 6.18. The van der Waals surface area contributed by atoms with Crippen molar-refractivity contribution < 1.29 is 4.74 Å². The third kappa shape index (κ3) is 4.78. The van der Waals surface area contributed by atoms with Crippen molar-refractivity contribution in [1.29, 1.82) is 0 Å². The monoisotopic (exact) mass is 276 g/mol. The molecule has 0 radical (unpaired) electrons. The average molecular weight is 276 g/mol.